The Balaban J connectivity index is 1.63. The van der Waals surface area contributed by atoms with Crippen LogP contribution in [0.15, 0.2) is 60.9 Å². The van der Waals surface area contributed by atoms with Crippen molar-refractivity contribution in [3.63, 3.8) is 0 Å². The summed E-state index contributed by atoms with van der Waals surface area (Å²) in [6, 6.07) is 15.4. The number of nitrogens with one attached hydrogen (secondary N) is 2. The molecule has 1 aromatic heterocycles. The summed E-state index contributed by atoms with van der Waals surface area (Å²) in [5.41, 5.74) is 4.10. The Kier molecular flexibility index (Phi) is 6.68. The van der Waals surface area contributed by atoms with E-state index in [1.54, 1.807) is 32.7 Å². The number of aromatic nitrogens is 1. The normalized spacial score (nSPS) is 10.3. The van der Waals surface area contributed by atoms with Crippen LogP contribution in [0.5, 0.6) is 11.5 Å². The van der Waals surface area contributed by atoms with Gasteiger partial charge in [-0.1, -0.05) is 18.2 Å². The number of benzene rings is 2. The Morgan fingerprint density at radius 1 is 1.03 bits per heavy atom. The van der Waals surface area contributed by atoms with Gasteiger partial charge in [0.25, 0.3) is 5.91 Å². The molecule has 6 heteroatoms. The molecule has 0 aliphatic heterocycles. The van der Waals surface area contributed by atoms with Crippen molar-refractivity contribution in [1.29, 1.82) is 0 Å². The van der Waals surface area contributed by atoms with Gasteiger partial charge in [0.05, 0.1) is 31.2 Å². The number of rotatable bonds is 8. The van der Waals surface area contributed by atoms with Crippen molar-refractivity contribution in [2.75, 3.05) is 31.4 Å². The maximum absolute atomic E-state index is 12.7. The van der Waals surface area contributed by atoms with Gasteiger partial charge in [0, 0.05) is 18.9 Å². The average molecular weight is 391 g/mol. The minimum Gasteiger partial charge on any atom is -0.497 e. The first-order valence-electron chi connectivity index (χ1n) is 9.37. The third kappa shape index (κ3) is 5.48. The molecule has 0 aliphatic rings. The van der Waals surface area contributed by atoms with E-state index in [0.29, 0.717) is 23.5 Å². The summed E-state index contributed by atoms with van der Waals surface area (Å²) in [6.45, 7) is 2.68. The van der Waals surface area contributed by atoms with Crippen LogP contribution in [0.3, 0.4) is 0 Å². The maximum Gasteiger partial charge on any atom is 0.257 e. The van der Waals surface area contributed by atoms with E-state index in [-0.39, 0.29) is 5.91 Å². The molecule has 0 unspecified atom stereocenters. The zero-order valence-electron chi connectivity index (χ0n) is 16.9. The zero-order chi connectivity index (χ0) is 20.6. The lowest BCUT2D eigenvalue weighted by Gasteiger charge is -2.12. The van der Waals surface area contributed by atoms with E-state index in [1.165, 1.54) is 5.56 Å². The summed E-state index contributed by atoms with van der Waals surface area (Å²) in [5.74, 6) is 1.22. The summed E-state index contributed by atoms with van der Waals surface area (Å²) in [5, 5.41) is 6.21. The van der Waals surface area contributed by atoms with Crippen molar-refractivity contribution in [2.24, 2.45) is 0 Å². The maximum atomic E-state index is 12.7. The second-order valence-corrected chi connectivity index (χ2v) is 6.65. The number of methoxy groups -OCH3 is 2. The summed E-state index contributed by atoms with van der Waals surface area (Å²) in [4.78, 5) is 16.8. The quantitative estimate of drug-likeness (QED) is 0.598. The minimum absolute atomic E-state index is 0.238. The number of nitrogens with zero attached hydrogens (tertiary/aromatic N) is 1. The van der Waals surface area contributed by atoms with Crippen LogP contribution in [-0.2, 0) is 6.42 Å². The van der Waals surface area contributed by atoms with Gasteiger partial charge < -0.3 is 20.1 Å². The van der Waals surface area contributed by atoms with Crippen molar-refractivity contribution in [3.8, 4) is 11.5 Å². The fourth-order valence-corrected chi connectivity index (χ4v) is 2.95. The number of hydrogen-bond donors (Lipinski definition) is 2. The largest absolute Gasteiger partial charge is 0.497 e. The molecule has 0 spiro atoms. The molecule has 1 heterocycles. The van der Waals surface area contributed by atoms with Crippen LogP contribution in [0.2, 0.25) is 0 Å². The van der Waals surface area contributed by atoms with E-state index in [9.17, 15) is 4.79 Å². The van der Waals surface area contributed by atoms with Gasteiger partial charge in [-0.15, -0.1) is 0 Å². The number of anilines is 2. The minimum atomic E-state index is -0.238. The van der Waals surface area contributed by atoms with Crippen LogP contribution in [0.4, 0.5) is 11.4 Å². The molecule has 0 aliphatic carbocycles. The Morgan fingerprint density at radius 3 is 2.69 bits per heavy atom. The Labute approximate surface area is 170 Å². The third-order valence-electron chi connectivity index (χ3n) is 4.48. The van der Waals surface area contributed by atoms with Crippen molar-refractivity contribution in [1.82, 2.24) is 4.98 Å². The molecule has 0 saturated carbocycles. The molecular weight excluding hydrogens is 366 g/mol. The lowest BCUT2D eigenvalue weighted by molar-refractivity contribution is 0.102. The predicted molar refractivity (Wildman–Crippen MR) is 115 cm³/mol. The number of carbonyl (C=O) groups excluding carboxylic acids is 1. The third-order valence-corrected chi connectivity index (χ3v) is 4.48. The monoisotopic (exact) mass is 391 g/mol. The Morgan fingerprint density at radius 2 is 1.90 bits per heavy atom. The molecule has 6 nitrogen and oxygen atoms in total. The highest BCUT2D eigenvalue weighted by atomic mass is 16.5. The topological polar surface area (TPSA) is 72.5 Å². The second-order valence-electron chi connectivity index (χ2n) is 6.65. The first-order valence-corrected chi connectivity index (χ1v) is 9.37. The van der Waals surface area contributed by atoms with E-state index in [0.717, 1.165) is 23.4 Å². The number of carbonyl (C=O) groups is 1. The van der Waals surface area contributed by atoms with Crippen molar-refractivity contribution in [2.45, 2.75) is 13.3 Å². The fraction of sp³-hybridized carbons (Fsp3) is 0.217. The molecule has 2 N–H and O–H groups in total. The lowest BCUT2D eigenvalue weighted by atomic mass is 10.1. The molecule has 150 valence electrons. The first-order chi connectivity index (χ1) is 14.1. The zero-order valence-corrected chi connectivity index (χ0v) is 16.9. The van der Waals surface area contributed by atoms with Crippen LogP contribution in [0.1, 0.15) is 21.5 Å². The molecule has 29 heavy (non-hydrogen) atoms. The van der Waals surface area contributed by atoms with E-state index >= 15 is 0 Å². The van der Waals surface area contributed by atoms with Crippen LogP contribution >= 0.6 is 0 Å². The van der Waals surface area contributed by atoms with Gasteiger partial charge in [-0.2, -0.15) is 0 Å². The fourth-order valence-electron chi connectivity index (χ4n) is 2.95. The SMILES string of the molecule is COc1cccc(CCNc2cncc(C(=O)Nc3cc(C)ccc3OC)c2)c1. The van der Waals surface area contributed by atoms with Gasteiger partial charge in [0.1, 0.15) is 11.5 Å². The van der Waals surface area contributed by atoms with E-state index in [4.69, 9.17) is 9.47 Å². The van der Waals surface area contributed by atoms with Crippen molar-refractivity contribution >= 4 is 17.3 Å². The van der Waals surface area contributed by atoms with Gasteiger partial charge in [-0.05, 0) is 54.8 Å². The molecule has 0 atom stereocenters. The molecule has 1 amide bonds. The standard InChI is InChI=1S/C23H25N3O3/c1-16-7-8-22(29-3)21(11-16)26-23(27)18-13-19(15-24-14-18)25-10-9-17-5-4-6-20(12-17)28-2/h4-8,11-15,25H,9-10H2,1-3H3,(H,26,27). The number of pyridine rings is 1. The number of amides is 1. The molecule has 0 saturated heterocycles. The Hall–Kier alpha value is -3.54. The highest BCUT2D eigenvalue weighted by molar-refractivity contribution is 6.05. The van der Waals surface area contributed by atoms with Gasteiger partial charge in [0.2, 0.25) is 0 Å². The summed E-state index contributed by atoms with van der Waals surface area (Å²) < 4.78 is 10.6. The molecular formula is C23H25N3O3. The highest BCUT2D eigenvalue weighted by Crippen LogP contribution is 2.26. The first kappa shape index (κ1) is 20.2. The van der Waals surface area contributed by atoms with Gasteiger partial charge in [0.15, 0.2) is 0 Å². The van der Waals surface area contributed by atoms with Crippen LogP contribution < -0.4 is 20.1 Å². The van der Waals surface area contributed by atoms with E-state index in [2.05, 4.69) is 21.7 Å². The summed E-state index contributed by atoms with van der Waals surface area (Å²) in [6.07, 6.45) is 4.08. The predicted octanol–water partition coefficient (Wildman–Crippen LogP) is 4.31. The van der Waals surface area contributed by atoms with E-state index < -0.39 is 0 Å². The summed E-state index contributed by atoms with van der Waals surface area (Å²) >= 11 is 0. The van der Waals surface area contributed by atoms with Crippen LogP contribution in [0, 0.1) is 6.92 Å². The molecule has 3 aromatic rings. The molecule has 2 aromatic carbocycles. The van der Waals surface area contributed by atoms with Gasteiger partial charge in [-0.25, -0.2) is 0 Å². The number of ether oxygens (including phenoxy) is 2. The van der Waals surface area contributed by atoms with Gasteiger partial charge >= 0.3 is 0 Å². The summed E-state index contributed by atoms with van der Waals surface area (Å²) in [7, 11) is 3.24. The molecule has 3 rings (SSSR count). The highest BCUT2D eigenvalue weighted by Gasteiger charge is 2.11. The average Bonchev–Trinajstić information content (AvgIpc) is 2.74. The van der Waals surface area contributed by atoms with Crippen LogP contribution in [-0.4, -0.2) is 31.7 Å². The van der Waals surface area contributed by atoms with Crippen LogP contribution in [0.25, 0.3) is 0 Å². The van der Waals surface area contributed by atoms with Gasteiger partial charge in [-0.3, -0.25) is 9.78 Å². The van der Waals surface area contributed by atoms with Crippen molar-refractivity contribution in [3.05, 3.63) is 77.6 Å². The molecule has 0 fully saturated rings. The molecule has 0 radical (unpaired) electrons. The lowest BCUT2D eigenvalue weighted by Crippen LogP contribution is -2.14. The second kappa shape index (κ2) is 9.59. The Bertz CT molecular complexity index is 989. The smallest absolute Gasteiger partial charge is 0.257 e. The van der Waals surface area contributed by atoms with E-state index in [1.807, 2.05) is 43.3 Å². The number of hydrogen-bond acceptors (Lipinski definition) is 5. The van der Waals surface area contributed by atoms with Crippen molar-refractivity contribution < 1.29 is 14.3 Å². The molecule has 0 bridgehead atoms. The number of aryl methyl sites for hydroxylation is 1.